The van der Waals surface area contributed by atoms with Crippen molar-refractivity contribution in [2.45, 2.75) is 44.7 Å². The highest BCUT2D eigenvalue weighted by Gasteiger charge is 2.26. The lowest BCUT2D eigenvalue weighted by Gasteiger charge is -2.35. The van der Waals surface area contributed by atoms with Crippen molar-refractivity contribution < 1.29 is 0 Å². The Morgan fingerprint density at radius 3 is 2.95 bits per heavy atom. The van der Waals surface area contributed by atoms with Gasteiger partial charge in [-0.3, -0.25) is 5.32 Å². The normalized spacial score (nSPS) is 23.0. The molecule has 2 unspecified atom stereocenters. The number of anilines is 1. The smallest absolute Gasteiger partial charge is 0.0972 e. The van der Waals surface area contributed by atoms with Crippen molar-refractivity contribution in [2.75, 3.05) is 18.0 Å². The Morgan fingerprint density at radius 1 is 1.40 bits per heavy atom. The number of nitrogens with zero attached hydrogens (tertiary/aromatic N) is 2. The van der Waals surface area contributed by atoms with Gasteiger partial charge in [0, 0.05) is 24.8 Å². The fraction of sp³-hybridized carbons (Fsp3) is 0.588. The molecule has 20 heavy (non-hydrogen) atoms. The van der Waals surface area contributed by atoms with Gasteiger partial charge in [0.15, 0.2) is 0 Å². The first-order valence-corrected chi connectivity index (χ1v) is 7.75. The zero-order valence-electron chi connectivity index (χ0n) is 12.2. The van der Waals surface area contributed by atoms with Gasteiger partial charge in [0.05, 0.1) is 12.1 Å². The van der Waals surface area contributed by atoms with Crippen molar-refractivity contribution in [3.05, 3.63) is 29.8 Å². The molecule has 0 radical (unpaired) electrons. The Morgan fingerprint density at radius 2 is 2.20 bits per heavy atom. The second kappa shape index (κ2) is 5.85. The summed E-state index contributed by atoms with van der Waals surface area (Å²) >= 11 is 0. The number of rotatable bonds is 5. The van der Waals surface area contributed by atoms with Crippen molar-refractivity contribution in [1.82, 2.24) is 5.32 Å². The molecule has 0 spiro atoms. The van der Waals surface area contributed by atoms with Gasteiger partial charge in [0.1, 0.15) is 0 Å². The van der Waals surface area contributed by atoms with Crippen molar-refractivity contribution in [3.8, 4) is 6.07 Å². The van der Waals surface area contributed by atoms with Crippen molar-refractivity contribution in [2.24, 2.45) is 5.92 Å². The maximum Gasteiger partial charge on any atom is 0.0972 e. The third-order valence-electron chi connectivity index (χ3n) is 4.29. The van der Waals surface area contributed by atoms with E-state index in [4.69, 9.17) is 0 Å². The molecule has 3 rings (SSSR count). The standard InChI is InChI=1S/C17H23N3/c1-13-10-14-4-2-3-5-17(14)20(12-13)9-8-16(11-18)19-15-6-7-15/h2-5,13,15-16,19H,6-10,12H2,1H3. The molecule has 3 heteroatoms. The van der Waals surface area contributed by atoms with E-state index in [1.807, 2.05) is 0 Å². The van der Waals surface area contributed by atoms with E-state index in [1.54, 1.807) is 0 Å². The largest absolute Gasteiger partial charge is 0.371 e. The average molecular weight is 269 g/mol. The van der Waals surface area contributed by atoms with Gasteiger partial charge in [-0.15, -0.1) is 0 Å². The minimum absolute atomic E-state index is 0.00638. The van der Waals surface area contributed by atoms with Gasteiger partial charge in [-0.05, 0) is 43.2 Å². The predicted octanol–water partition coefficient (Wildman–Crippen LogP) is 2.72. The van der Waals surface area contributed by atoms with Crippen LogP contribution in [0, 0.1) is 17.2 Å². The summed E-state index contributed by atoms with van der Waals surface area (Å²) in [5.41, 5.74) is 2.82. The molecule has 106 valence electrons. The fourth-order valence-electron chi connectivity index (χ4n) is 3.12. The maximum absolute atomic E-state index is 9.25. The van der Waals surface area contributed by atoms with E-state index in [-0.39, 0.29) is 6.04 Å². The fourth-order valence-corrected chi connectivity index (χ4v) is 3.12. The molecule has 0 saturated heterocycles. The summed E-state index contributed by atoms with van der Waals surface area (Å²) in [6.45, 7) is 4.39. The number of nitriles is 1. The Hall–Kier alpha value is -1.53. The van der Waals surface area contributed by atoms with Crippen LogP contribution in [0.15, 0.2) is 24.3 Å². The van der Waals surface area contributed by atoms with Gasteiger partial charge in [0.2, 0.25) is 0 Å². The number of hydrogen-bond donors (Lipinski definition) is 1. The second-order valence-corrected chi connectivity index (χ2v) is 6.30. The first kappa shape index (κ1) is 13.5. The highest BCUT2D eigenvalue weighted by Crippen LogP contribution is 2.29. The number of benzene rings is 1. The highest BCUT2D eigenvalue weighted by atomic mass is 15.1. The first-order valence-electron chi connectivity index (χ1n) is 7.75. The molecule has 1 fully saturated rings. The van der Waals surface area contributed by atoms with E-state index in [0.29, 0.717) is 12.0 Å². The van der Waals surface area contributed by atoms with Crippen LogP contribution in [0.3, 0.4) is 0 Å². The van der Waals surface area contributed by atoms with Gasteiger partial charge in [-0.2, -0.15) is 5.26 Å². The van der Waals surface area contributed by atoms with E-state index in [1.165, 1.54) is 30.5 Å². The number of hydrogen-bond acceptors (Lipinski definition) is 3. The van der Waals surface area contributed by atoms with Gasteiger partial charge in [0.25, 0.3) is 0 Å². The lowest BCUT2D eigenvalue weighted by Crippen LogP contribution is -2.39. The molecular weight excluding hydrogens is 246 g/mol. The summed E-state index contributed by atoms with van der Waals surface area (Å²) in [4.78, 5) is 2.46. The topological polar surface area (TPSA) is 39.1 Å². The van der Waals surface area contributed by atoms with E-state index < -0.39 is 0 Å². The molecule has 0 amide bonds. The quantitative estimate of drug-likeness (QED) is 0.893. The number of nitrogens with one attached hydrogen (secondary N) is 1. The highest BCUT2D eigenvalue weighted by molar-refractivity contribution is 5.55. The second-order valence-electron chi connectivity index (χ2n) is 6.30. The molecular formula is C17H23N3. The average Bonchev–Trinajstić information content (AvgIpc) is 3.26. The van der Waals surface area contributed by atoms with Crippen LogP contribution in [-0.2, 0) is 6.42 Å². The molecule has 0 aromatic heterocycles. The lowest BCUT2D eigenvalue weighted by atomic mass is 9.93. The lowest BCUT2D eigenvalue weighted by molar-refractivity contribution is 0.501. The molecule has 1 aliphatic heterocycles. The zero-order valence-corrected chi connectivity index (χ0v) is 12.2. The molecule has 1 N–H and O–H groups in total. The van der Waals surface area contributed by atoms with E-state index in [9.17, 15) is 5.26 Å². The zero-order chi connectivity index (χ0) is 13.9. The van der Waals surface area contributed by atoms with Crippen molar-refractivity contribution >= 4 is 5.69 Å². The molecule has 1 aliphatic carbocycles. The van der Waals surface area contributed by atoms with Crippen LogP contribution in [0.5, 0.6) is 0 Å². The van der Waals surface area contributed by atoms with Crippen LogP contribution in [0.2, 0.25) is 0 Å². The summed E-state index contributed by atoms with van der Waals surface area (Å²) in [7, 11) is 0. The van der Waals surface area contributed by atoms with Crippen molar-refractivity contribution in [1.29, 1.82) is 5.26 Å². The summed E-state index contributed by atoms with van der Waals surface area (Å²) in [6, 6.07) is 11.7. The molecule has 1 heterocycles. The molecule has 2 atom stereocenters. The minimum atomic E-state index is 0.00638. The predicted molar refractivity (Wildman–Crippen MR) is 81.7 cm³/mol. The van der Waals surface area contributed by atoms with Crippen LogP contribution >= 0.6 is 0 Å². The monoisotopic (exact) mass is 269 g/mol. The SMILES string of the molecule is CC1Cc2ccccc2N(CCC(C#N)NC2CC2)C1. The summed E-state index contributed by atoms with van der Waals surface area (Å²) in [5, 5.41) is 12.7. The van der Waals surface area contributed by atoms with E-state index in [0.717, 1.165) is 19.5 Å². The van der Waals surface area contributed by atoms with Crippen LogP contribution < -0.4 is 10.2 Å². The van der Waals surface area contributed by atoms with E-state index in [2.05, 4.69) is 47.5 Å². The van der Waals surface area contributed by atoms with E-state index >= 15 is 0 Å². The Balaban J connectivity index is 1.63. The molecule has 1 saturated carbocycles. The Bertz CT molecular complexity index is 501. The Labute approximate surface area is 121 Å². The summed E-state index contributed by atoms with van der Waals surface area (Å²) in [5.74, 6) is 0.696. The van der Waals surface area contributed by atoms with Gasteiger partial charge >= 0.3 is 0 Å². The van der Waals surface area contributed by atoms with Crippen LogP contribution in [0.4, 0.5) is 5.69 Å². The van der Waals surface area contributed by atoms with Gasteiger partial charge in [-0.1, -0.05) is 25.1 Å². The van der Waals surface area contributed by atoms with Crippen LogP contribution in [0.1, 0.15) is 31.7 Å². The number of fused-ring (bicyclic) bond motifs is 1. The number of para-hydroxylation sites is 1. The third-order valence-corrected chi connectivity index (χ3v) is 4.29. The van der Waals surface area contributed by atoms with Gasteiger partial charge < -0.3 is 4.90 Å². The van der Waals surface area contributed by atoms with Crippen molar-refractivity contribution in [3.63, 3.8) is 0 Å². The molecule has 2 aliphatic rings. The van der Waals surface area contributed by atoms with Crippen LogP contribution in [0.25, 0.3) is 0 Å². The molecule has 3 nitrogen and oxygen atoms in total. The van der Waals surface area contributed by atoms with Crippen LogP contribution in [-0.4, -0.2) is 25.2 Å². The maximum atomic E-state index is 9.25. The molecule has 0 bridgehead atoms. The molecule has 1 aromatic carbocycles. The minimum Gasteiger partial charge on any atom is -0.371 e. The Kier molecular flexibility index (Phi) is 3.93. The molecule has 1 aromatic rings. The van der Waals surface area contributed by atoms with Gasteiger partial charge in [-0.25, -0.2) is 0 Å². The third kappa shape index (κ3) is 3.13. The summed E-state index contributed by atoms with van der Waals surface area (Å²) < 4.78 is 0. The summed E-state index contributed by atoms with van der Waals surface area (Å²) in [6.07, 6.45) is 4.56. The first-order chi connectivity index (χ1) is 9.76.